The summed E-state index contributed by atoms with van der Waals surface area (Å²) in [6.07, 6.45) is 1.22. The van der Waals surface area contributed by atoms with E-state index in [0.29, 0.717) is 12.8 Å². The van der Waals surface area contributed by atoms with Gasteiger partial charge in [-0.25, -0.2) is 8.42 Å². The molecule has 1 saturated heterocycles. The van der Waals surface area contributed by atoms with Crippen LogP contribution >= 0.6 is 12.6 Å². The Morgan fingerprint density at radius 3 is 2.56 bits per heavy atom. The summed E-state index contributed by atoms with van der Waals surface area (Å²) < 4.78 is 23.1. The fourth-order valence-electron chi connectivity index (χ4n) is 1.86. The number of rotatable bonds is 5. The van der Waals surface area contributed by atoms with E-state index in [1.807, 2.05) is 0 Å². The molecule has 1 aliphatic rings. The number of thiol groups is 1. The normalized spacial score (nSPS) is 23.3. The first-order chi connectivity index (χ1) is 8.36. The van der Waals surface area contributed by atoms with Crippen LogP contribution in [0.15, 0.2) is 0 Å². The molecule has 8 heteroatoms. The van der Waals surface area contributed by atoms with Crippen LogP contribution in [0.4, 0.5) is 0 Å². The van der Waals surface area contributed by atoms with Gasteiger partial charge in [0.2, 0.25) is 11.8 Å². The number of sulfone groups is 1. The summed E-state index contributed by atoms with van der Waals surface area (Å²) in [5.74, 6) is -0.363. The van der Waals surface area contributed by atoms with Gasteiger partial charge in [-0.3, -0.25) is 9.59 Å². The van der Waals surface area contributed by atoms with E-state index in [-0.39, 0.29) is 24.0 Å². The van der Waals surface area contributed by atoms with Crippen LogP contribution in [-0.4, -0.2) is 49.6 Å². The molecule has 6 nitrogen and oxygen atoms in total. The fourth-order valence-corrected chi connectivity index (χ4v) is 3.89. The highest BCUT2D eigenvalue weighted by Crippen LogP contribution is 2.18. The second-order valence-electron chi connectivity index (χ2n) is 4.31. The molecule has 2 atom stereocenters. The average Bonchev–Trinajstić information content (AvgIpc) is 2.61. The van der Waals surface area contributed by atoms with E-state index in [1.54, 1.807) is 0 Å². The van der Waals surface area contributed by atoms with E-state index in [9.17, 15) is 18.0 Å². The largest absolute Gasteiger partial charge is 0.353 e. The van der Waals surface area contributed by atoms with Crippen molar-refractivity contribution in [1.29, 1.82) is 0 Å². The Morgan fingerprint density at radius 2 is 2.11 bits per heavy atom. The van der Waals surface area contributed by atoms with Crippen LogP contribution in [0.5, 0.6) is 0 Å². The van der Waals surface area contributed by atoms with Crippen LogP contribution in [0.1, 0.15) is 19.8 Å². The average molecular weight is 294 g/mol. The number of hydrogen-bond donors (Lipinski definition) is 3. The highest BCUT2D eigenvalue weighted by Gasteiger charge is 2.31. The molecular weight excluding hydrogens is 276 g/mol. The molecule has 0 aromatic heterocycles. The minimum atomic E-state index is -3.06. The summed E-state index contributed by atoms with van der Waals surface area (Å²) in [4.78, 5) is 22.6. The summed E-state index contributed by atoms with van der Waals surface area (Å²) in [5.41, 5.74) is 0. The number of hydrogen-bond acceptors (Lipinski definition) is 5. The highest BCUT2D eigenvalue weighted by molar-refractivity contribution is 7.92. The number of carbonyl (C=O) groups excluding carboxylic acids is 2. The zero-order valence-electron chi connectivity index (χ0n) is 10.2. The van der Waals surface area contributed by atoms with Gasteiger partial charge in [-0.2, -0.15) is 12.6 Å². The molecule has 0 aromatic rings. The molecule has 0 radical (unpaired) electrons. The van der Waals surface area contributed by atoms with Gasteiger partial charge < -0.3 is 10.6 Å². The van der Waals surface area contributed by atoms with E-state index in [4.69, 9.17) is 0 Å². The van der Waals surface area contributed by atoms with Crippen LogP contribution in [0, 0.1) is 0 Å². The van der Waals surface area contributed by atoms with Crippen molar-refractivity contribution in [2.45, 2.75) is 31.1 Å². The second-order valence-corrected chi connectivity index (χ2v) is 7.08. The van der Waals surface area contributed by atoms with Crippen LogP contribution < -0.4 is 10.6 Å². The fraction of sp³-hybridized carbons (Fsp3) is 0.800. The van der Waals surface area contributed by atoms with Gasteiger partial charge in [0.25, 0.3) is 0 Å². The second kappa shape index (κ2) is 6.42. The van der Waals surface area contributed by atoms with Gasteiger partial charge in [0.05, 0.1) is 11.0 Å². The predicted molar refractivity (Wildman–Crippen MR) is 71.3 cm³/mol. The third-order valence-corrected chi connectivity index (χ3v) is 5.48. The van der Waals surface area contributed by atoms with E-state index in [1.165, 1.54) is 6.92 Å². The van der Waals surface area contributed by atoms with Crippen molar-refractivity contribution >= 4 is 34.3 Å². The molecule has 0 spiro atoms. The maximum Gasteiger partial charge on any atom is 0.243 e. The lowest BCUT2D eigenvalue weighted by Crippen LogP contribution is -2.49. The molecule has 0 aromatic carbocycles. The lowest BCUT2D eigenvalue weighted by atomic mass is 10.2. The SMILES string of the molecule is CC(=O)NC(CS)C(=O)NCC1CCCS1(=O)=O. The predicted octanol–water partition coefficient (Wildman–Crippen LogP) is -0.886. The third kappa shape index (κ3) is 4.16. The van der Waals surface area contributed by atoms with Crippen molar-refractivity contribution in [2.24, 2.45) is 0 Å². The highest BCUT2D eigenvalue weighted by atomic mass is 32.2. The molecule has 1 rings (SSSR count). The van der Waals surface area contributed by atoms with Gasteiger partial charge in [0, 0.05) is 19.2 Å². The van der Waals surface area contributed by atoms with Crippen LogP contribution in [0.2, 0.25) is 0 Å². The summed E-state index contributed by atoms with van der Waals surface area (Å²) in [6.45, 7) is 1.41. The molecule has 0 saturated carbocycles. The Kier molecular flexibility index (Phi) is 5.46. The Labute approximate surface area is 112 Å². The lowest BCUT2D eigenvalue weighted by Gasteiger charge is -2.17. The van der Waals surface area contributed by atoms with E-state index in [0.717, 1.165) is 0 Å². The van der Waals surface area contributed by atoms with Crippen LogP contribution in [0.3, 0.4) is 0 Å². The summed E-state index contributed by atoms with van der Waals surface area (Å²) in [5, 5.41) is 4.50. The molecule has 104 valence electrons. The molecule has 2 N–H and O–H groups in total. The van der Waals surface area contributed by atoms with Crippen molar-refractivity contribution < 1.29 is 18.0 Å². The van der Waals surface area contributed by atoms with Gasteiger partial charge in [-0.05, 0) is 12.8 Å². The van der Waals surface area contributed by atoms with Crippen LogP contribution in [0.25, 0.3) is 0 Å². The first kappa shape index (κ1) is 15.3. The smallest absolute Gasteiger partial charge is 0.243 e. The maximum atomic E-state index is 11.7. The zero-order chi connectivity index (χ0) is 13.8. The van der Waals surface area contributed by atoms with Crippen molar-refractivity contribution in [2.75, 3.05) is 18.1 Å². The molecule has 2 amide bonds. The van der Waals surface area contributed by atoms with E-state index < -0.39 is 27.0 Å². The van der Waals surface area contributed by atoms with Gasteiger partial charge in [0.15, 0.2) is 9.84 Å². The topological polar surface area (TPSA) is 92.3 Å². The number of carbonyl (C=O) groups is 2. The maximum absolute atomic E-state index is 11.7. The van der Waals surface area contributed by atoms with Gasteiger partial charge in [-0.15, -0.1) is 0 Å². The van der Waals surface area contributed by atoms with E-state index >= 15 is 0 Å². The van der Waals surface area contributed by atoms with Crippen molar-refractivity contribution in [1.82, 2.24) is 10.6 Å². The van der Waals surface area contributed by atoms with Crippen molar-refractivity contribution in [3.63, 3.8) is 0 Å². The molecule has 18 heavy (non-hydrogen) atoms. The number of amides is 2. The first-order valence-electron chi connectivity index (χ1n) is 5.74. The third-order valence-electron chi connectivity index (χ3n) is 2.84. The molecule has 1 heterocycles. The standard InChI is InChI=1S/C10H18N2O4S2/c1-7(13)12-9(6-17)10(14)11-5-8-3-2-4-18(8,15)16/h8-9,17H,2-6H2,1H3,(H,11,14)(H,12,13). The zero-order valence-corrected chi connectivity index (χ0v) is 11.9. The van der Waals surface area contributed by atoms with Gasteiger partial charge in [-0.1, -0.05) is 0 Å². The molecule has 1 aliphatic heterocycles. The van der Waals surface area contributed by atoms with Gasteiger partial charge in [0.1, 0.15) is 6.04 Å². The van der Waals surface area contributed by atoms with Crippen molar-refractivity contribution in [3.8, 4) is 0 Å². The lowest BCUT2D eigenvalue weighted by molar-refractivity contribution is -0.127. The monoisotopic (exact) mass is 294 g/mol. The minimum Gasteiger partial charge on any atom is -0.353 e. The summed E-state index contributed by atoms with van der Waals surface area (Å²) in [7, 11) is -3.06. The van der Waals surface area contributed by atoms with E-state index in [2.05, 4.69) is 23.3 Å². The summed E-state index contributed by atoms with van der Waals surface area (Å²) >= 11 is 3.97. The summed E-state index contributed by atoms with van der Waals surface area (Å²) in [6, 6.07) is -0.727. The van der Waals surface area contributed by atoms with Gasteiger partial charge >= 0.3 is 0 Å². The molecule has 0 bridgehead atoms. The molecular formula is C10H18N2O4S2. The Bertz CT molecular complexity index is 422. The Morgan fingerprint density at radius 1 is 1.44 bits per heavy atom. The first-order valence-corrected chi connectivity index (χ1v) is 8.09. The molecule has 2 unspecified atom stereocenters. The van der Waals surface area contributed by atoms with Crippen LogP contribution in [-0.2, 0) is 19.4 Å². The Balaban J connectivity index is 2.47. The molecule has 0 aliphatic carbocycles. The quantitative estimate of drug-likeness (QED) is 0.574. The number of nitrogens with one attached hydrogen (secondary N) is 2. The van der Waals surface area contributed by atoms with Crippen molar-refractivity contribution in [3.05, 3.63) is 0 Å². The molecule has 1 fully saturated rings. The minimum absolute atomic E-state index is 0.102. The Hall–Kier alpha value is -0.760.